The Morgan fingerprint density at radius 2 is 2.07 bits per heavy atom. The predicted molar refractivity (Wildman–Crippen MR) is 56.5 cm³/mol. The van der Waals surface area contributed by atoms with Crippen LogP contribution in [0.4, 0.5) is 8.78 Å². The van der Waals surface area contributed by atoms with Crippen LogP contribution in [-0.4, -0.2) is 13.6 Å². The van der Waals surface area contributed by atoms with Crippen LogP contribution in [0.15, 0.2) is 12.1 Å². The molecular formula is C12H13F2N. The summed E-state index contributed by atoms with van der Waals surface area (Å²) < 4.78 is 25.9. The monoisotopic (exact) mass is 209 g/mol. The maximum absolute atomic E-state index is 13.1. The van der Waals surface area contributed by atoms with Crippen LogP contribution >= 0.6 is 0 Å². The van der Waals surface area contributed by atoms with Crippen molar-refractivity contribution in [3.63, 3.8) is 0 Å². The van der Waals surface area contributed by atoms with E-state index in [9.17, 15) is 8.78 Å². The number of halogens is 2. The van der Waals surface area contributed by atoms with Crippen LogP contribution in [0, 0.1) is 30.4 Å². The normalized spacial score (nSPS) is 9.60. The van der Waals surface area contributed by atoms with E-state index < -0.39 is 11.6 Å². The first-order valence-electron chi connectivity index (χ1n) is 4.75. The van der Waals surface area contributed by atoms with Gasteiger partial charge in [0.2, 0.25) is 0 Å². The number of hydrogen-bond acceptors (Lipinski definition) is 1. The average molecular weight is 209 g/mol. The lowest BCUT2D eigenvalue weighted by Crippen LogP contribution is -2.05. The van der Waals surface area contributed by atoms with Crippen LogP contribution in [0.1, 0.15) is 17.5 Å². The minimum absolute atomic E-state index is 0.270. The third-order valence-electron chi connectivity index (χ3n) is 2.06. The first-order valence-corrected chi connectivity index (χ1v) is 4.75. The molecule has 0 fully saturated rings. The molecule has 0 saturated heterocycles. The van der Waals surface area contributed by atoms with Gasteiger partial charge in [-0.1, -0.05) is 11.8 Å². The third kappa shape index (κ3) is 3.03. The third-order valence-corrected chi connectivity index (χ3v) is 2.06. The molecule has 1 rings (SSSR count). The number of benzene rings is 1. The molecule has 0 aliphatic carbocycles. The Morgan fingerprint density at radius 1 is 1.33 bits per heavy atom. The van der Waals surface area contributed by atoms with E-state index >= 15 is 0 Å². The zero-order valence-corrected chi connectivity index (χ0v) is 8.82. The molecule has 0 spiro atoms. The number of nitrogens with one attached hydrogen (secondary N) is 1. The van der Waals surface area contributed by atoms with Gasteiger partial charge in [-0.05, 0) is 26.1 Å². The molecule has 15 heavy (non-hydrogen) atoms. The van der Waals surface area contributed by atoms with Crippen LogP contribution < -0.4 is 5.32 Å². The SMILES string of the molecule is CNCCC#Cc1ccc(F)c(F)c1C. The van der Waals surface area contributed by atoms with Gasteiger partial charge in [0, 0.05) is 24.1 Å². The van der Waals surface area contributed by atoms with Crippen molar-refractivity contribution in [1.82, 2.24) is 5.32 Å². The van der Waals surface area contributed by atoms with Crippen LogP contribution in [-0.2, 0) is 0 Å². The average Bonchev–Trinajstić information content (AvgIpc) is 2.24. The van der Waals surface area contributed by atoms with Gasteiger partial charge in [-0.25, -0.2) is 8.78 Å². The van der Waals surface area contributed by atoms with E-state index in [1.165, 1.54) is 13.0 Å². The van der Waals surface area contributed by atoms with E-state index in [2.05, 4.69) is 17.2 Å². The van der Waals surface area contributed by atoms with Crippen molar-refractivity contribution in [1.29, 1.82) is 0 Å². The van der Waals surface area contributed by atoms with Crippen molar-refractivity contribution in [3.8, 4) is 11.8 Å². The van der Waals surface area contributed by atoms with E-state index in [4.69, 9.17) is 0 Å². The zero-order valence-electron chi connectivity index (χ0n) is 8.82. The fourth-order valence-electron chi connectivity index (χ4n) is 1.13. The molecule has 0 aliphatic rings. The molecule has 1 aromatic rings. The molecule has 1 N–H and O–H groups in total. The fourth-order valence-corrected chi connectivity index (χ4v) is 1.13. The molecule has 0 radical (unpaired) electrons. The van der Waals surface area contributed by atoms with Gasteiger partial charge < -0.3 is 5.32 Å². The standard InChI is InChI=1S/C12H13F2N/c1-9-10(5-3-4-8-15-2)6-7-11(13)12(9)14/h6-7,15H,4,8H2,1-2H3. The molecule has 0 aliphatic heterocycles. The lowest BCUT2D eigenvalue weighted by Gasteiger charge is -2.00. The Kier molecular flexibility index (Phi) is 4.26. The first kappa shape index (κ1) is 11.7. The summed E-state index contributed by atoms with van der Waals surface area (Å²) in [6, 6.07) is 2.60. The van der Waals surface area contributed by atoms with Gasteiger partial charge >= 0.3 is 0 Å². The van der Waals surface area contributed by atoms with Crippen LogP contribution in [0.2, 0.25) is 0 Å². The van der Waals surface area contributed by atoms with E-state index in [-0.39, 0.29) is 5.56 Å². The summed E-state index contributed by atoms with van der Waals surface area (Å²) in [6.07, 6.45) is 0.689. The molecular weight excluding hydrogens is 196 g/mol. The summed E-state index contributed by atoms with van der Waals surface area (Å²) in [5.74, 6) is 4.07. The van der Waals surface area contributed by atoms with Crippen molar-refractivity contribution in [2.24, 2.45) is 0 Å². The molecule has 0 atom stereocenters. The molecule has 0 amide bonds. The Hall–Kier alpha value is -1.40. The molecule has 0 saturated carbocycles. The second kappa shape index (κ2) is 5.47. The predicted octanol–water partition coefficient (Wildman–Crippen LogP) is 2.23. The highest BCUT2D eigenvalue weighted by molar-refractivity contribution is 5.41. The topological polar surface area (TPSA) is 12.0 Å². The highest BCUT2D eigenvalue weighted by Crippen LogP contribution is 2.14. The summed E-state index contributed by atoms with van der Waals surface area (Å²) in [6.45, 7) is 2.32. The second-order valence-electron chi connectivity index (χ2n) is 3.19. The molecule has 0 unspecified atom stereocenters. The molecule has 1 nitrogen and oxygen atoms in total. The second-order valence-corrected chi connectivity index (χ2v) is 3.19. The molecule has 0 bridgehead atoms. The van der Waals surface area contributed by atoms with E-state index in [1.807, 2.05) is 7.05 Å². The summed E-state index contributed by atoms with van der Waals surface area (Å²) in [4.78, 5) is 0. The maximum atomic E-state index is 13.1. The van der Waals surface area contributed by atoms with Gasteiger partial charge in [0.25, 0.3) is 0 Å². The van der Waals surface area contributed by atoms with Crippen LogP contribution in [0.25, 0.3) is 0 Å². The lowest BCUT2D eigenvalue weighted by atomic mass is 10.1. The van der Waals surface area contributed by atoms with E-state index in [0.717, 1.165) is 12.6 Å². The minimum Gasteiger partial charge on any atom is -0.319 e. The maximum Gasteiger partial charge on any atom is 0.162 e. The van der Waals surface area contributed by atoms with Crippen LogP contribution in [0.5, 0.6) is 0 Å². The molecule has 80 valence electrons. The summed E-state index contributed by atoms with van der Waals surface area (Å²) in [7, 11) is 1.84. The van der Waals surface area contributed by atoms with Gasteiger partial charge in [0.15, 0.2) is 11.6 Å². The van der Waals surface area contributed by atoms with Gasteiger partial charge in [-0.2, -0.15) is 0 Å². The Bertz CT molecular complexity index is 402. The van der Waals surface area contributed by atoms with Gasteiger partial charge in [0.05, 0.1) is 0 Å². The largest absolute Gasteiger partial charge is 0.319 e. The van der Waals surface area contributed by atoms with E-state index in [1.54, 1.807) is 0 Å². The molecule has 1 aromatic carbocycles. The fraction of sp³-hybridized carbons (Fsp3) is 0.333. The summed E-state index contributed by atoms with van der Waals surface area (Å²) in [5, 5.41) is 2.95. The first-order chi connectivity index (χ1) is 7.16. The quantitative estimate of drug-likeness (QED) is 0.582. The Balaban J connectivity index is 2.85. The molecule has 0 heterocycles. The van der Waals surface area contributed by atoms with E-state index in [0.29, 0.717) is 12.0 Å². The zero-order chi connectivity index (χ0) is 11.3. The smallest absolute Gasteiger partial charge is 0.162 e. The Morgan fingerprint density at radius 3 is 2.73 bits per heavy atom. The summed E-state index contributed by atoms with van der Waals surface area (Å²) >= 11 is 0. The van der Waals surface area contributed by atoms with Crippen molar-refractivity contribution in [3.05, 3.63) is 34.9 Å². The van der Waals surface area contributed by atoms with Crippen molar-refractivity contribution in [2.75, 3.05) is 13.6 Å². The highest BCUT2D eigenvalue weighted by atomic mass is 19.2. The minimum atomic E-state index is -0.826. The summed E-state index contributed by atoms with van der Waals surface area (Å²) in [5.41, 5.74) is 0.817. The number of rotatable bonds is 2. The van der Waals surface area contributed by atoms with Crippen molar-refractivity contribution < 1.29 is 8.78 Å². The Labute approximate surface area is 88.5 Å². The van der Waals surface area contributed by atoms with Gasteiger partial charge in [-0.3, -0.25) is 0 Å². The molecule has 0 aromatic heterocycles. The highest BCUT2D eigenvalue weighted by Gasteiger charge is 2.07. The van der Waals surface area contributed by atoms with Crippen LogP contribution in [0.3, 0.4) is 0 Å². The van der Waals surface area contributed by atoms with Crippen molar-refractivity contribution in [2.45, 2.75) is 13.3 Å². The van der Waals surface area contributed by atoms with Gasteiger partial charge in [-0.15, -0.1) is 0 Å². The van der Waals surface area contributed by atoms with Crippen molar-refractivity contribution >= 4 is 0 Å². The van der Waals surface area contributed by atoms with Gasteiger partial charge in [0.1, 0.15) is 0 Å². The molecule has 3 heteroatoms. The number of hydrogen-bond donors (Lipinski definition) is 1. The lowest BCUT2D eigenvalue weighted by molar-refractivity contribution is 0.502.